The predicted molar refractivity (Wildman–Crippen MR) is 105 cm³/mol. The van der Waals surface area contributed by atoms with Crippen molar-refractivity contribution in [3.05, 3.63) is 70.5 Å². The van der Waals surface area contributed by atoms with Crippen LogP contribution < -0.4 is 5.32 Å². The van der Waals surface area contributed by atoms with E-state index in [1.165, 1.54) is 0 Å². The van der Waals surface area contributed by atoms with E-state index >= 15 is 0 Å². The molecule has 1 aliphatic heterocycles. The molecule has 1 aliphatic rings. The molecule has 4 rings (SSSR count). The van der Waals surface area contributed by atoms with Crippen molar-refractivity contribution in [1.82, 2.24) is 4.98 Å². The van der Waals surface area contributed by atoms with Crippen molar-refractivity contribution in [2.75, 3.05) is 5.32 Å². The first-order valence-electron chi connectivity index (χ1n) is 8.56. The van der Waals surface area contributed by atoms with E-state index in [1.54, 1.807) is 12.1 Å². The van der Waals surface area contributed by atoms with Gasteiger partial charge in [-0.2, -0.15) is 0 Å². The molecule has 0 aliphatic carbocycles. The maximum atomic E-state index is 12.5. The number of carbonyl (C=O) groups is 1. The van der Waals surface area contributed by atoms with Crippen molar-refractivity contribution in [3.8, 4) is 16.9 Å². The number of amides is 1. The van der Waals surface area contributed by atoms with E-state index in [0.717, 1.165) is 44.9 Å². The molecule has 130 valence electrons. The summed E-state index contributed by atoms with van der Waals surface area (Å²) in [5, 5.41) is 12.6. The Labute approximate surface area is 152 Å². The minimum Gasteiger partial charge on any atom is -0.508 e. The van der Waals surface area contributed by atoms with Crippen molar-refractivity contribution >= 4 is 23.2 Å². The Bertz CT molecular complexity index is 1070. The van der Waals surface area contributed by atoms with Crippen molar-refractivity contribution in [2.24, 2.45) is 0 Å². The number of rotatable bonds is 2. The molecule has 1 amide bonds. The van der Waals surface area contributed by atoms with E-state index in [4.69, 9.17) is 0 Å². The third-order valence-corrected chi connectivity index (χ3v) is 4.80. The molecule has 2 heterocycles. The van der Waals surface area contributed by atoms with Gasteiger partial charge >= 0.3 is 0 Å². The summed E-state index contributed by atoms with van der Waals surface area (Å²) in [4.78, 5) is 15.8. The van der Waals surface area contributed by atoms with Gasteiger partial charge in [0.25, 0.3) is 5.91 Å². The number of hydrogen-bond acceptors (Lipinski definition) is 2. The van der Waals surface area contributed by atoms with Gasteiger partial charge in [-0.05, 0) is 79.4 Å². The van der Waals surface area contributed by atoms with Crippen molar-refractivity contribution in [2.45, 2.75) is 20.8 Å². The highest BCUT2D eigenvalue weighted by Crippen LogP contribution is 2.37. The summed E-state index contributed by atoms with van der Waals surface area (Å²) in [6, 6.07) is 13.3. The van der Waals surface area contributed by atoms with E-state index in [-0.39, 0.29) is 11.7 Å². The summed E-state index contributed by atoms with van der Waals surface area (Å²) in [6.07, 6.45) is 1.91. The van der Waals surface area contributed by atoms with E-state index in [1.807, 2.05) is 51.1 Å². The Balaban J connectivity index is 1.83. The Kier molecular flexibility index (Phi) is 3.69. The molecule has 0 bridgehead atoms. The first-order valence-corrected chi connectivity index (χ1v) is 8.56. The average molecular weight is 344 g/mol. The number of anilines is 1. The molecular formula is C22H20N2O2. The minimum atomic E-state index is -0.0915. The zero-order valence-electron chi connectivity index (χ0n) is 15.0. The first-order chi connectivity index (χ1) is 12.4. The van der Waals surface area contributed by atoms with Gasteiger partial charge < -0.3 is 15.4 Å². The molecule has 4 heteroatoms. The molecule has 0 saturated heterocycles. The van der Waals surface area contributed by atoms with E-state index in [0.29, 0.717) is 5.57 Å². The predicted octanol–water partition coefficient (Wildman–Crippen LogP) is 4.81. The molecule has 0 radical (unpaired) electrons. The molecule has 4 nitrogen and oxygen atoms in total. The maximum Gasteiger partial charge on any atom is 0.256 e. The lowest BCUT2D eigenvalue weighted by Crippen LogP contribution is -2.03. The largest absolute Gasteiger partial charge is 0.508 e. The summed E-state index contributed by atoms with van der Waals surface area (Å²) in [5.41, 5.74) is 8.55. The second-order valence-corrected chi connectivity index (χ2v) is 6.82. The number of phenolic OH excluding ortho intramolecular Hbond substituents is 1. The van der Waals surface area contributed by atoms with Crippen LogP contribution in [0.1, 0.15) is 28.1 Å². The SMILES string of the molecule is Cc1cc(C)c(/C=C2\C(=O)Nc3ccc(-c4ccc(O)cc4C)cc32)[nH]1. The van der Waals surface area contributed by atoms with Crippen LogP contribution >= 0.6 is 0 Å². The van der Waals surface area contributed by atoms with E-state index in [9.17, 15) is 9.90 Å². The molecule has 0 unspecified atom stereocenters. The Hall–Kier alpha value is -3.27. The number of fused-ring (bicyclic) bond motifs is 1. The number of aromatic hydroxyl groups is 1. The van der Waals surface area contributed by atoms with Crippen molar-refractivity contribution in [1.29, 1.82) is 0 Å². The number of carbonyl (C=O) groups excluding carboxylic acids is 1. The van der Waals surface area contributed by atoms with Gasteiger partial charge in [0.15, 0.2) is 0 Å². The first kappa shape index (κ1) is 16.2. The minimum absolute atomic E-state index is 0.0915. The monoisotopic (exact) mass is 344 g/mol. The Morgan fingerprint density at radius 3 is 2.42 bits per heavy atom. The molecular weight excluding hydrogens is 324 g/mol. The third kappa shape index (κ3) is 2.69. The molecule has 0 atom stereocenters. The lowest BCUT2D eigenvalue weighted by atomic mass is 9.96. The summed E-state index contributed by atoms with van der Waals surface area (Å²) in [6.45, 7) is 6.00. The lowest BCUT2D eigenvalue weighted by Gasteiger charge is -2.09. The fourth-order valence-electron chi connectivity index (χ4n) is 3.51. The Morgan fingerprint density at radius 1 is 0.923 bits per heavy atom. The third-order valence-electron chi connectivity index (χ3n) is 4.80. The molecule has 3 N–H and O–H groups in total. The van der Waals surface area contributed by atoms with Crippen molar-refractivity contribution in [3.63, 3.8) is 0 Å². The van der Waals surface area contributed by atoms with Gasteiger partial charge in [0.1, 0.15) is 5.75 Å². The quantitative estimate of drug-likeness (QED) is 0.584. The van der Waals surface area contributed by atoms with Crippen LogP contribution in [0.3, 0.4) is 0 Å². The Morgan fingerprint density at radius 2 is 1.73 bits per heavy atom. The number of H-pyrrole nitrogens is 1. The van der Waals surface area contributed by atoms with Gasteiger partial charge in [-0.3, -0.25) is 4.79 Å². The van der Waals surface area contributed by atoms with Gasteiger partial charge in [0.05, 0.1) is 5.57 Å². The molecule has 0 saturated carbocycles. The fraction of sp³-hybridized carbons (Fsp3) is 0.136. The van der Waals surface area contributed by atoms with Crippen LogP contribution in [0.25, 0.3) is 22.8 Å². The number of hydrogen-bond donors (Lipinski definition) is 3. The number of nitrogens with one attached hydrogen (secondary N) is 2. The number of aryl methyl sites for hydroxylation is 3. The van der Waals surface area contributed by atoms with Crippen molar-refractivity contribution < 1.29 is 9.90 Å². The van der Waals surface area contributed by atoms with Gasteiger partial charge in [-0.15, -0.1) is 0 Å². The number of aromatic nitrogens is 1. The maximum absolute atomic E-state index is 12.5. The second kappa shape index (κ2) is 5.92. The van der Waals surface area contributed by atoms with Gasteiger partial charge in [0, 0.05) is 22.6 Å². The number of phenols is 1. The number of aromatic amines is 1. The topological polar surface area (TPSA) is 65.1 Å². The van der Waals surface area contributed by atoms with Crippen LogP contribution in [-0.4, -0.2) is 16.0 Å². The molecule has 0 spiro atoms. The highest BCUT2D eigenvalue weighted by molar-refractivity contribution is 6.35. The van der Waals surface area contributed by atoms with Crippen LogP contribution in [-0.2, 0) is 4.79 Å². The summed E-state index contributed by atoms with van der Waals surface area (Å²) >= 11 is 0. The number of benzene rings is 2. The zero-order valence-corrected chi connectivity index (χ0v) is 15.0. The van der Waals surface area contributed by atoms with Crippen LogP contribution in [0.2, 0.25) is 0 Å². The highest BCUT2D eigenvalue weighted by Gasteiger charge is 2.25. The summed E-state index contributed by atoms with van der Waals surface area (Å²) < 4.78 is 0. The zero-order chi connectivity index (χ0) is 18.4. The summed E-state index contributed by atoms with van der Waals surface area (Å²) in [7, 11) is 0. The van der Waals surface area contributed by atoms with Gasteiger partial charge in [-0.1, -0.05) is 12.1 Å². The average Bonchev–Trinajstić information content (AvgIpc) is 3.06. The molecule has 1 aromatic heterocycles. The van der Waals surface area contributed by atoms with Crippen LogP contribution in [0.15, 0.2) is 42.5 Å². The van der Waals surface area contributed by atoms with Crippen LogP contribution in [0.4, 0.5) is 5.69 Å². The highest BCUT2D eigenvalue weighted by atomic mass is 16.3. The molecule has 0 fully saturated rings. The lowest BCUT2D eigenvalue weighted by molar-refractivity contribution is -0.110. The van der Waals surface area contributed by atoms with Gasteiger partial charge in [-0.25, -0.2) is 0 Å². The summed E-state index contributed by atoms with van der Waals surface area (Å²) in [5.74, 6) is 0.161. The van der Waals surface area contributed by atoms with Crippen LogP contribution in [0.5, 0.6) is 5.75 Å². The smallest absolute Gasteiger partial charge is 0.256 e. The fourth-order valence-corrected chi connectivity index (χ4v) is 3.51. The standard InChI is InChI=1S/C22H20N2O2/c1-12-9-16(25)5-6-17(12)15-4-7-20-18(10-15)19(22(26)24-20)11-21-13(2)8-14(3)23-21/h4-11,23,25H,1-3H3,(H,24,26)/b19-11-. The molecule has 2 aromatic carbocycles. The second-order valence-electron chi connectivity index (χ2n) is 6.82. The van der Waals surface area contributed by atoms with E-state index < -0.39 is 0 Å². The molecule has 3 aromatic rings. The van der Waals surface area contributed by atoms with E-state index in [2.05, 4.69) is 16.4 Å². The van der Waals surface area contributed by atoms with Crippen LogP contribution in [0, 0.1) is 20.8 Å². The van der Waals surface area contributed by atoms with Gasteiger partial charge in [0.2, 0.25) is 0 Å². The normalized spacial score (nSPS) is 14.6. The molecule has 26 heavy (non-hydrogen) atoms.